The van der Waals surface area contributed by atoms with E-state index in [1.807, 2.05) is 30.3 Å². The number of carbonyl (C=O) groups is 1. The lowest BCUT2D eigenvalue weighted by molar-refractivity contribution is -0.0605. The summed E-state index contributed by atoms with van der Waals surface area (Å²) >= 11 is 0. The van der Waals surface area contributed by atoms with Gasteiger partial charge in [0.25, 0.3) is 5.91 Å². The lowest BCUT2D eigenvalue weighted by Gasteiger charge is -2.32. The molecule has 26 heavy (non-hydrogen) atoms. The largest absolute Gasteiger partial charge is 0.379 e. The van der Waals surface area contributed by atoms with Gasteiger partial charge in [-0.05, 0) is 24.8 Å². The number of aromatic nitrogens is 2. The lowest BCUT2D eigenvalue weighted by Crippen LogP contribution is -2.50. The third-order valence-corrected chi connectivity index (χ3v) is 4.79. The Morgan fingerprint density at radius 3 is 2.65 bits per heavy atom. The number of benzene rings is 1. The van der Waals surface area contributed by atoms with Gasteiger partial charge in [-0.25, -0.2) is 9.97 Å². The smallest absolute Gasteiger partial charge is 0.254 e. The molecule has 1 saturated heterocycles. The van der Waals surface area contributed by atoms with Crippen molar-refractivity contribution in [3.8, 4) is 0 Å². The van der Waals surface area contributed by atoms with Crippen LogP contribution in [0, 0.1) is 0 Å². The van der Waals surface area contributed by atoms with Crippen molar-refractivity contribution < 1.29 is 14.3 Å². The van der Waals surface area contributed by atoms with Gasteiger partial charge in [0, 0.05) is 24.9 Å². The summed E-state index contributed by atoms with van der Waals surface area (Å²) in [4.78, 5) is 21.2. The highest BCUT2D eigenvalue weighted by atomic mass is 16.5. The van der Waals surface area contributed by atoms with Gasteiger partial charge in [-0.15, -0.1) is 0 Å². The maximum absolute atomic E-state index is 12.5. The number of amides is 1. The monoisotopic (exact) mass is 353 g/mol. The first-order valence-corrected chi connectivity index (χ1v) is 9.15. The summed E-state index contributed by atoms with van der Waals surface area (Å²) in [5.41, 5.74) is 1.59. The van der Waals surface area contributed by atoms with Crippen LogP contribution in [0.15, 0.2) is 42.7 Å². The minimum Gasteiger partial charge on any atom is -0.379 e. The van der Waals surface area contributed by atoms with Gasteiger partial charge in [0.1, 0.15) is 5.82 Å². The van der Waals surface area contributed by atoms with E-state index in [0.29, 0.717) is 31.3 Å². The molecule has 136 valence electrons. The predicted octanol–water partition coefficient (Wildman–Crippen LogP) is 2.46. The van der Waals surface area contributed by atoms with Crippen molar-refractivity contribution >= 4 is 5.91 Å². The second-order valence-electron chi connectivity index (χ2n) is 6.88. The van der Waals surface area contributed by atoms with Crippen molar-refractivity contribution in [2.24, 2.45) is 0 Å². The molecule has 6 heteroatoms. The summed E-state index contributed by atoms with van der Waals surface area (Å²) in [5.74, 6) is 1.14. The molecule has 1 aromatic heterocycles. The van der Waals surface area contributed by atoms with Crippen LogP contribution in [0.3, 0.4) is 0 Å². The maximum Gasteiger partial charge on any atom is 0.254 e. The van der Waals surface area contributed by atoms with Gasteiger partial charge in [0.05, 0.1) is 30.9 Å². The lowest BCUT2D eigenvalue weighted by atomic mass is 10.1. The van der Waals surface area contributed by atoms with Gasteiger partial charge in [-0.1, -0.05) is 30.3 Å². The zero-order valence-corrected chi connectivity index (χ0v) is 14.6. The molecule has 0 bridgehead atoms. The van der Waals surface area contributed by atoms with Crippen LogP contribution >= 0.6 is 0 Å². The highest BCUT2D eigenvalue weighted by molar-refractivity contribution is 5.93. The fraction of sp³-hybridized carbons (Fsp3) is 0.450. The fourth-order valence-electron chi connectivity index (χ4n) is 3.09. The molecular weight excluding hydrogens is 330 g/mol. The van der Waals surface area contributed by atoms with Crippen molar-refractivity contribution in [3.63, 3.8) is 0 Å². The van der Waals surface area contributed by atoms with Crippen LogP contribution in [0.2, 0.25) is 0 Å². The van der Waals surface area contributed by atoms with Crippen LogP contribution < -0.4 is 5.32 Å². The van der Waals surface area contributed by atoms with Crippen molar-refractivity contribution in [2.75, 3.05) is 13.2 Å². The maximum atomic E-state index is 12.5. The molecule has 1 saturated carbocycles. The average molecular weight is 353 g/mol. The zero-order chi connectivity index (χ0) is 17.8. The number of nitrogens with zero attached hydrogens (tertiary/aromatic N) is 2. The molecule has 1 aliphatic heterocycles. The number of ether oxygens (including phenoxy) is 2. The van der Waals surface area contributed by atoms with Crippen molar-refractivity contribution in [2.45, 2.75) is 43.9 Å². The van der Waals surface area contributed by atoms with Crippen molar-refractivity contribution in [1.29, 1.82) is 0 Å². The standard InChI is InChI=1S/C20H23N3O3/c24-20(16-10-21-19(22-11-16)15-6-7-15)23-17-13-25-9-8-18(17)26-12-14-4-2-1-3-5-14/h1-5,10-11,15,17-18H,6-9,12-13H2,(H,23,24)/t17-,18+/m1/s1. The van der Waals surface area contributed by atoms with Crippen LogP contribution in [0.1, 0.15) is 46.9 Å². The van der Waals surface area contributed by atoms with Gasteiger partial charge < -0.3 is 14.8 Å². The Labute approximate surface area is 153 Å². The quantitative estimate of drug-likeness (QED) is 0.864. The Morgan fingerprint density at radius 2 is 1.92 bits per heavy atom. The Morgan fingerprint density at radius 1 is 1.15 bits per heavy atom. The second kappa shape index (κ2) is 7.93. The van der Waals surface area contributed by atoms with E-state index in [0.717, 1.165) is 30.7 Å². The van der Waals surface area contributed by atoms with Gasteiger partial charge in [-0.3, -0.25) is 4.79 Å². The number of hydrogen-bond donors (Lipinski definition) is 1. The Hall–Kier alpha value is -2.31. The zero-order valence-electron chi connectivity index (χ0n) is 14.6. The number of nitrogens with one attached hydrogen (secondary N) is 1. The Balaban J connectivity index is 1.35. The third-order valence-electron chi connectivity index (χ3n) is 4.79. The van der Waals surface area contributed by atoms with E-state index >= 15 is 0 Å². The highest BCUT2D eigenvalue weighted by Crippen LogP contribution is 2.37. The highest BCUT2D eigenvalue weighted by Gasteiger charge is 2.29. The first-order chi connectivity index (χ1) is 12.8. The molecule has 0 radical (unpaired) electrons. The van der Waals surface area contributed by atoms with Crippen LogP contribution in [-0.2, 0) is 16.1 Å². The first-order valence-electron chi connectivity index (χ1n) is 9.15. The molecular formula is C20H23N3O3. The molecule has 2 fully saturated rings. The van der Waals surface area contributed by atoms with E-state index in [-0.39, 0.29) is 18.1 Å². The van der Waals surface area contributed by atoms with Crippen LogP contribution in [0.5, 0.6) is 0 Å². The van der Waals surface area contributed by atoms with Crippen molar-refractivity contribution in [1.82, 2.24) is 15.3 Å². The number of carbonyl (C=O) groups excluding carboxylic acids is 1. The average Bonchev–Trinajstić information content (AvgIpc) is 3.53. The molecule has 2 aliphatic rings. The summed E-state index contributed by atoms with van der Waals surface area (Å²) < 4.78 is 11.6. The molecule has 2 atom stereocenters. The van der Waals surface area contributed by atoms with Crippen LogP contribution in [0.4, 0.5) is 0 Å². The topological polar surface area (TPSA) is 73.3 Å². The summed E-state index contributed by atoms with van der Waals surface area (Å²) in [5, 5.41) is 3.02. The van der Waals surface area contributed by atoms with Gasteiger partial charge >= 0.3 is 0 Å². The first kappa shape index (κ1) is 17.1. The van der Waals surface area contributed by atoms with E-state index in [2.05, 4.69) is 15.3 Å². The molecule has 2 heterocycles. The van der Waals surface area contributed by atoms with Gasteiger partial charge in [0.15, 0.2) is 0 Å². The molecule has 1 amide bonds. The van der Waals surface area contributed by atoms with E-state index < -0.39 is 0 Å². The van der Waals surface area contributed by atoms with E-state index in [4.69, 9.17) is 9.47 Å². The molecule has 1 aliphatic carbocycles. The summed E-state index contributed by atoms with van der Waals surface area (Å²) in [7, 11) is 0. The molecule has 1 N–H and O–H groups in total. The number of rotatable bonds is 6. The summed E-state index contributed by atoms with van der Waals surface area (Å²) in [6.07, 6.45) is 6.20. The van der Waals surface area contributed by atoms with Crippen LogP contribution in [0.25, 0.3) is 0 Å². The molecule has 0 unspecified atom stereocenters. The molecule has 4 rings (SSSR count). The molecule has 2 aromatic rings. The molecule has 0 spiro atoms. The van der Waals surface area contributed by atoms with E-state index in [9.17, 15) is 4.79 Å². The normalized spacial score (nSPS) is 22.8. The van der Waals surface area contributed by atoms with E-state index in [1.165, 1.54) is 0 Å². The number of hydrogen-bond acceptors (Lipinski definition) is 5. The minimum atomic E-state index is -0.184. The summed E-state index contributed by atoms with van der Waals surface area (Å²) in [6, 6.07) is 9.86. The predicted molar refractivity (Wildman–Crippen MR) is 95.7 cm³/mol. The second-order valence-corrected chi connectivity index (χ2v) is 6.88. The molecule has 1 aromatic carbocycles. The third kappa shape index (κ3) is 4.26. The molecule has 6 nitrogen and oxygen atoms in total. The van der Waals surface area contributed by atoms with Gasteiger partial charge in [-0.2, -0.15) is 0 Å². The van der Waals surface area contributed by atoms with Gasteiger partial charge in [0.2, 0.25) is 0 Å². The van der Waals surface area contributed by atoms with Crippen LogP contribution in [-0.4, -0.2) is 41.2 Å². The summed E-state index contributed by atoms with van der Waals surface area (Å²) in [6.45, 7) is 1.62. The Bertz CT molecular complexity index is 732. The van der Waals surface area contributed by atoms with E-state index in [1.54, 1.807) is 12.4 Å². The minimum absolute atomic E-state index is 0.0699. The van der Waals surface area contributed by atoms with Crippen molar-refractivity contribution in [3.05, 3.63) is 59.7 Å². The fourth-order valence-corrected chi connectivity index (χ4v) is 3.09. The SMILES string of the molecule is O=C(N[C@@H]1COCC[C@@H]1OCc1ccccc1)c1cnc(C2CC2)nc1. The Kier molecular flexibility index (Phi) is 5.22.